The summed E-state index contributed by atoms with van der Waals surface area (Å²) in [6.07, 6.45) is 5.79. The van der Waals surface area contributed by atoms with Crippen LogP contribution in [0, 0.1) is 11.6 Å². The second-order valence-electron chi connectivity index (χ2n) is 4.38. The number of nitrogen functional groups attached to an aromatic ring is 1. The van der Waals surface area contributed by atoms with Crippen LogP contribution in [0.15, 0.2) is 29.2 Å². The number of anilines is 1. The highest BCUT2D eigenvalue weighted by atomic mass is 32.2. The SMILES string of the molecule is Nc1c(F)ccc(S(=O)(=O)NC2CC=CCC2)c1F. The molecule has 0 saturated carbocycles. The third-order valence-electron chi connectivity index (χ3n) is 2.97. The molecule has 0 fully saturated rings. The van der Waals surface area contributed by atoms with Crippen molar-refractivity contribution in [3.8, 4) is 0 Å². The molecule has 0 aliphatic heterocycles. The van der Waals surface area contributed by atoms with Gasteiger partial charge in [-0.25, -0.2) is 21.9 Å². The van der Waals surface area contributed by atoms with E-state index in [2.05, 4.69) is 4.72 Å². The third kappa shape index (κ3) is 2.93. The van der Waals surface area contributed by atoms with Crippen LogP contribution >= 0.6 is 0 Å². The summed E-state index contributed by atoms with van der Waals surface area (Å²) in [5.74, 6) is -2.23. The Balaban J connectivity index is 2.29. The van der Waals surface area contributed by atoms with E-state index in [1.807, 2.05) is 12.2 Å². The van der Waals surface area contributed by atoms with Crippen molar-refractivity contribution >= 4 is 15.7 Å². The Morgan fingerprint density at radius 2 is 2.00 bits per heavy atom. The number of benzene rings is 1. The predicted octanol–water partition coefficient (Wildman–Crippen LogP) is 1.93. The molecule has 7 heteroatoms. The summed E-state index contributed by atoms with van der Waals surface area (Å²) in [6.45, 7) is 0. The van der Waals surface area contributed by atoms with Crippen LogP contribution in [0.3, 0.4) is 0 Å². The molecule has 0 heterocycles. The van der Waals surface area contributed by atoms with Gasteiger partial charge in [-0.1, -0.05) is 12.2 Å². The number of allylic oxidation sites excluding steroid dienone is 1. The second-order valence-corrected chi connectivity index (χ2v) is 6.06. The van der Waals surface area contributed by atoms with E-state index in [4.69, 9.17) is 5.73 Å². The minimum atomic E-state index is -4.04. The lowest BCUT2D eigenvalue weighted by molar-refractivity contribution is 0.512. The van der Waals surface area contributed by atoms with Gasteiger partial charge in [0, 0.05) is 6.04 Å². The molecular formula is C12H14F2N2O2S. The Bertz CT molecular complexity index is 614. The summed E-state index contributed by atoms with van der Waals surface area (Å²) in [6, 6.07) is 1.44. The van der Waals surface area contributed by atoms with E-state index in [1.165, 1.54) is 0 Å². The maximum absolute atomic E-state index is 13.7. The monoisotopic (exact) mass is 288 g/mol. The van der Waals surface area contributed by atoms with Crippen LogP contribution in [0.5, 0.6) is 0 Å². The van der Waals surface area contributed by atoms with Gasteiger partial charge in [0.1, 0.15) is 16.4 Å². The molecule has 1 unspecified atom stereocenters. The minimum absolute atomic E-state index is 0.277. The summed E-state index contributed by atoms with van der Waals surface area (Å²) >= 11 is 0. The van der Waals surface area contributed by atoms with Gasteiger partial charge in [-0.3, -0.25) is 0 Å². The van der Waals surface area contributed by atoms with Crippen molar-refractivity contribution in [1.82, 2.24) is 4.72 Å². The Hall–Kier alpha value is -1.47. The summed E-state index contributed by atoms with van der Waals surface area (Å²) in [7, 11) is -4.04. The van der Waals surface area contributed by atoms with Crippen molar-refractivity contribution in [3.63, 3.8) is 0 Å². The van der Waals surface area contributed by atoms with E-state index >= 15 is 0 Å². The van der Waals surface area contributed by atoms with E-state index < -0.39 is 32.2 Å². The van der Waals surface area contributed by atoms with Crippen molar-refractivity contribution in [1.29, 1.82) is 0 Å². The molecule has 0 spiro atoms. The molecule has 1 atom stereocenters. The maximum atomic E-state index is 13.7. The lowest BCUT2D eigenvalue weighted by atomic mass is 10.0. The molecule has 1 aliphatic rings. The van der Waals surface area contributed by atoms with Crippen LogP contribution in [-0.2, 0) is 10.0 Å². The normalized spacial score (nSPS) is 19.6. The van der Waals surface area contributed by atoms with Crippen LogP contribution in [0.2, 0.25) is 0 Å². The van der Waals surface area contributed by atoms with Crippen LogP contribution in [0.4, 0.5) is 14.5 Å². The highest BCUT2D eigenvalue weighted by Crippen LogP contribution is 2.23. The van der Waals surface area contributed by atoms with Crippen molar-refractivity contribution in [2.24, 2.45) is 0 Å². The molecule has 0 bridgehead atoms. The summed E-state index contributed by atoms with van der Waals surface area (Å²) in [4.78, 5) is -0.624. The fourth-order valence-electron chi connectivity index (χ4n) is 1.94. The molecule has 1 aromatic carbocycles. The molecule has 3 N–H and O–H groups in total. The van der Waals surface area contributed by atoms with Crippen molar-refractivity contribution in [2.45, 2.75) is 30.2 Å². The third-order valence-corrected chi connectivity index (χ3v) is 4.51. The largest absolute Gasteiger partial charge is 0.394 e. The van der Waals surface area contributed by atoms with Crippen LogP contribution in [-0.4, -0.2) is 14.5 Å². The topological polar surface area (TPSA) is 72.2 Å². The predicted molar refractivity (Wildman–Crippen MR) is 67.9 cm³/mol. The first-order chi connectivity index (χ1) is 8.92. The molecule has 4 nitrogen and oxygen atoms in total. The number of sulfonamides is 1. The Kier molecular flexibility index (Phi) is 3.86. The quantitative estimate of drug-likeness (QED) is 0.659. The summed E-state index contributed by atoms with van der Waals surface area (Å²) < 4.78 is 53.2. The van der Waals surface area contributed by atoms with Gasteiger partial charge < -0.3 is 5.73 Å². The summed E-state index contributed by atoms with van der Waals surface area (Å²) in [5.41, 5.74) is 4.37. The van der Waals surface area contributed by atoms with E-state index in [9.17, 15) is 17.2 Å². The smallest absolute Gasteiger partial charge is 0.243 e. The number of halogens is 2. The zero-order valence-electron chi connectivity index (χ0n) is 10.1. The molecular weight excluding hydrogens is 274 g/mol. The fraction of sp³-hybridized carbons (Fsp3) is 0.333. The van der Waals surface area contributed by atoms with Crippen LogP contribution < -0.4 is 10.5 Å². The first kappa shape index (κ1) is 14.0. The van der Waals surface area contributed by atoms with Crippen molar-refractivity contribution in [3.05, 3.63) is 35.9 Å². The molecule has 1 aromatic rings. The molecule has 19 heavy (non-hydrogen) atoms. The minimum Gasteiger partial charge on any atom is -0.394 e. The van der Waals surface area contributed by atoms with Gasteiger partial charge in [0.15, 0.2) is 5.82 Å². The first-order valence-corrected chi connectivity index (χ1v) is 7.31. The average Bonchev–Trinajstić information content (AvgIpc) is 2.36. The molecule has 0 radical (unpaired) electrons. The standard InChI is InChI=1S/C12H14F2N2O2S/c13-9-6-7-10(11(14)12(9)15)19(17,18)16-8-4-2-1-3-5-8/h1-2,6-8,16H,3-5,15H2. The molecule has 104 valence electrons. The van der Waals surface area contributed by atoms with E-state index in [1.54, 1.807) is 0 Å². The van der Waals surface area contributed by atoms with Gasteiger partial charge in [-0.15, -0.1) is 0 Å². The Labute approximate surface area is 110 Å². The van der Waals surface area contributed by atoms with Gasteiger partial charge in [0.25, 0.3) is 0 Å². The zero-order chi connectivity index (χ0) is 14.0. The van der Waals surface area contributed by atoms with Gasteiger partial charge in [-0.2, -0.15) is 0 Å². The molecule has 0 aromatic heterocycles. The number of rotatable bonds is 3. The Morgan fingerprint density at radius 3 is 2.63 bits per heavy atom. The number of hydrogen-bond donors (Lipinski definition) is 2. The number of hydrogen-bond acceptors (Lipinski definition) is 3. The van der Waals surface area contributed by atoms with Gasteiger partial charge in [-0.05, 0) is 31.4 Å². The van der Waals surface area contributed by atoms with Crippen LogP contribution in [0.25, 0.3) is 0 Å². The highest BCUT2D eigenvalue weighted by molar-refractivity contribution is 7.89. The number of nitrogens with two attached hydrogens (primary N) is 1. The fourth-order valence-corrected chi connectivity index (χ4v) is 3.31. The van der Waals surface area contributed by atoms with Crippen LogP contribution in [0.1, 0.15) is 19.3 Å². The van der Waals surface area contributed by atoms with Crippen molar-refractivity contribution in [2.75, 3.05) is 5.73 Å². The number of nitrogens with one attached hydrogen (secondary N) is 1. The van der Waals surface area contributed by atoms with Gasteiger partial charge >= 0.3 is 0 Å². The average molecular weight is 288 g/mol. The summed E-state index contributed by atoms with van der Waals surface area (Å²) in [5, 5.41) is 0. The van der Waals surface area contributed by atoms with Gasteiger partial charge in [0.05, 0.1) is 0 Å². The Morgan fingerprint density at radius 1 is 1.26 bits per heavy atom. The van der Waals surface area contributed by atoms with E-state index in [0.29, 0.717) is 12.8 Å². The second kappa shape index (κ2) is 5.26. The lowest BCUT2D eigenvalue weighted by Crippen LogP contribution is -2.35. The highest BCUT2D eigenvalue weighted by Gasteiger charge is 2.25. The zero-order valence-corrected chi connectivity index (χ0v) is 10.9. The first-order valence-electron chi connectivity index (χ1n) is 5.82. The lowest BCUT2D eigenvalue weighted by Gasteiger charge is -2.19. The van der Waals surface area contributed by atoms with Gasteiger partial charge in [0.2, 0.25) is 10.0 Å². The molecule has 0 amide bonds. The molecule has 0 saturated heterocycles. The van der Waals surface area contributed by atoms with Crippen molar-refractivity contribution < 1.29 is 17.2 Å². The maximum Gasteiger partial charge on any atom is 0.243 e. The molecule has 2 rings (SSSR count). The van der Waals surface area contributed by atoms with E-state index in [0.717, 1.165) is 18.6 Å². The molecule has 1 aliphatic carbocycles. The van der Waals surface area contributed by atoms with E-state index in [-0.39, 0.29) is 6.04 Å².